The van der Waals surface area contributed by atoms with Crippen molar-refractivity contribution < 1.29 is 9.90 Å². The van der Waals surface area contributed by atoms with E-state index in [1.807, 2.05) is 30.3 Å². The number of aromatic nitrogens is 2. The van der Waals surface area contributed by atoms with E-state index in [0.717, 1.165) is 5.69 Å². The Morgan fingerprint density at radius 3 is 2.75 bits per heavy atom. The Kier molecular flexibility index (Phi) is 4.53. The molecule has 1 heterocycles. The maximum atomic E-state index is 12.2. The second-order valence-corrected chi connectivity index (χ2v) is 4.87. The van der Waals surface area contributed by atoms with Crippen LogP contribution >= 0.6 is 0 Å². The van der Waals surface area contributed by atoms with Crippen LogP contribution in [0.1, 0.15) is 23.7 Å². The molecule has 1 atom stereocenters. The summed E-state index contributed by atoms with van der Waals surface area (Å²) in [5, 5.41) is 13.5. The number of aliphatic hydroxyl groups is 1. The van der Waals surface area contributed by atoms with Crippen LogP contribution < -0.4 is 0 Å². The Bertz CT molecular complexity index is 564. The Morgan fingerprint density at radius 1 is 1.40 bits per heavy atom. The molecule has 2 aromatic rings. The summed E-state index contributed by atoms with van der Waals surface area (Å²) in [4.78, 5) is 13.8. The van der Waals surface area contributed by atoms with E-state index in [0.29, 0.717) is 18.5 Å². The van der Waals surface area contributed by atoms with Crippen LogP contribution in [0.5, 0.6) is 0 Å². The lowest BCUT2D eigenvalue weighted by Crippen LogP contribution is -2.29. The van der Waals surface area contributed by atoms with Crippen molar-refractivity contribution in [1.82, 2.24) is 14.7 Å². The summed E-state index contributed by atoms with van der Waals surface area (Å²) < 4.78 is 1.68. The van der Waals surface area contributed by atoms with E-state index in [1.54, 1.807) is 35.9 Å². The first-order chi connectivity index (χ1) is 9.58. The quantitative estimate of drug-likeness (QED) is 0.902. The summed E-state index contributed by atoms with van der Waals surface area (Å²) in [6, 6.07) is 9.64. The van der Waals surface area contributed by atoms with Crippen molar-refractivity contribution in [2.75, 3.05) is 13.6 Å². The number of benzene rings is 1. The molecule has 0 radical (unpaired) electrons. The van der Waals surface area contributed by atoms with Crippen molar-refractivity contribution in [3.63, 3.8) is 0 Å². The number of rotatable bonds is 5. The molecule has 0 saturated carbocycles. The summed E-state index contributed by atoms with van der Waals surface area (Å²) in [6.45, 7) is 2.23. The molecule has 0 aliphatic carbocycles. The molecular weight excluding hydrogens is 254 g/mol. The summed E-state index contributed by atoms with van der Waals surface area (Å²) in [7, 11) is 1.73. The van der Waals surface area contributed by atoms with E-state index >= 15 is 0 Å². The highest BCUT2D eigenvalue weighted by molar-refractivity contribution is 5.93. The highest BCUT2D eigenvalue weighted by Crippen LogP contribution is 2.09. The maximum Gasteiger partial charge on any atom is 0.256 e. The zero-order chi connectivity index (χ0) is 14.5. The summed E-state index contributed by atoms with van der Waals surface area (Å²) in [6.07, 6.45) is 3.44. The first-order valence-corrected chi connectivity index (χ1v) is 6.61. The lowest BCUT2D eigenvalue weighted by Gasteiger charge is -2.16. The van der Waals surface area contributed by atoms with Gasteiger partial charge in [-0.1, -0.05) is 18.2 Å². The fourth-order valence-corrected chi connectivity index (χ4v) is 1.86. The third-order valence-electron chi connectivity index (χ3n) is 3.08. The van der Waals surface area contributed by atoms with Crippen LogP contribution in [0, 0.1) is 0 Å². The largest absolute Gasteiger partial charge is 0.393 e. The summed E-state index contributed by atoms with van der Waals surface area (Å²) >= 11 is 0. The van der Waals surface area contributed by atoms with Gasteiger partial charge in [-0.25, -0.2) is 4.68 Å². The molecule has 1 aromatic carbocycles. The van der Waals surface area contributed by atoms with Gasteiger partial charge in [0.05, 0.1) is 23.6 Å². The van der Waals surface area contributed by atoms with Crippen LogP contribution in [-0.2, 0) is 0 Å². The molecule has 0 bridgehead atoms. The average Bonchev–Trinajstić information content (AvgIpc) is 2.94. The first-order valence-electron chi connectivity index (χ1n) is 6.61. The lowest BCUT2D eigenvalue weighted by atomic mass is 10.2. The minimum atomic E-state index is -0.405. The third kappa shape index (κ3) is 3.45. The Balaban J connectivity index is 2.07. The molecule has 0 spiro atoms. The van der Waals surface area contributed by atoms with Crippen LogP contribution in [-0.4, -0.2) is 45.4 Å². The third-order valence-corrected chi connectivity index (χ3v) is 3.08. The van der Waals surface area contributed by atoms with Crippen molar-refractivity contribution in [3.05, 3.63) is 48.3 Å². The van der Waals surface area contributed by atoms with E-state index in [4.69, 9.17) is 0 Å². The molecule has 5 nitrogen and oxygen atoms in total. The highest BCUT2D eigenvalue weighted by Gasteiger charge is 2.14. The molecule has 1 amide bonds. The number of hydrogen-bond donors (Lipinski definition) is 1. The van der Waals surface area contributed by atoms with Crippen molar-refractivity contribution in [2.45, 2.75) is 19.4 Å². The minimum absolute atomic E-state index is 0.0900. The van der Waals surface area contributed by atoms with Gasteiger partial charge in [0.2, 0.25) is 0 Å². The van der Waals surface area contributed by atoms with Gasteiger partial charge < -0.3 is 10.0 Å². The van der Waals surface area contributed by atoms with E-state index in [-0.39, 0.29) is 5.91 Å². The van der Waals surface area contributed by atoms with Gasteiger partial charge in [-0.15, -0.1) is 0 Å². The van der Waals surface area contributed by atoms with Crippen LogP contribution in [0.2, 0.25) is 0 Å². The second kappa shape index (κ2) is 6.34. The van der Waals surface area contributed by atoms with Gasteiger partial charge in [-0.2, -0.15) is 5.10 Å². The van der Waals surface area contributed by atoms with Gasteiger partial charge in [0.15, 0.2) is 0 Å². The van der Waals surface area contributed by atoms with Gasteiger partial charge in [-0.3, -0.25) is 4.79 Å². The van der Waals surface area contributed by atoms with Crippen molar-refractivity contribution >= 4 is 5.91 Å². The van der Waals surface area contributed by atoms with E-state index < -0.39 is 6.10 Å². The molecular formula is C15H19N3O2. The minimum Gasteiger partial charge on any atom is -0.393 e. The van der Waals surface area contributed by atoms with Gasteiger partial charge in [-0.05, 0) is 25.5 Å². The Morgan fingerprint density at radius 2 is 2.10 bits per heavy atom. The molecule has 0 aliphatic rings. The summed E-state index contributed by atoms with van der Waals surface area (Å²) in [5.74, 6) is -0.0900. The number of carbonyl (C=O) groups is 1. The molecule has 1 unspecified atom stereocenters. The predicted molar refractivity (Wildman–Crippen MR) is 76.8 cm³/mol. The number of carbonyl (C=O) groups excluding carboxylic acids is 1. The van der Waals surface area contributed by atoms with Gasteiger partial charge >= 0.3 is 0 Å². The van der Waals surface area contributed by atoms with E-state index in [1.165, 1.54) is 0 Å². The Hall–Kier alpha value is -2.14. The predicted octanol–water partition coefficient (Wildman–Crippen LogP) is 1.72. The zero-order valence-electron chi connectivity index (χ0n) is 11.7. The molecule has 20 heavy (non-hydrogen) atoms. The van der Waals surface area contributed by atoms with Crippen molar-refractivity contribution in [1.29, 1.82) is 0 Å². The van der Waals surface area contributed by atoms with Crippen LogP contribution in [0.15, 0.2) is 42.7 Å². The van der Waals surface area contributed by atoms with E-state index in [2.05, 4.69) is 5.10 Å². The SMILES string of the molecule is CC(O)CCN(C)C(=O)c1cnn(-c2ccccc2)c1. The standard InChI is InChI=1S/C15H19N3O2/c1-12(19)8-9-17(2)15(20)13-10-16-18(11-13)14-6-4-3-5-7-14/h3-7,10-12,19H,8-9H2,1-2H3. The fourth-order valence-electron chi connectivity index (χ4n) is 1.86. The number of nitrogens with zero attached hydrogens (tertiary/aromatic N) is 3. The lowest BCUT2D eigenvalue weighted by molar-refractivity contribution is 0.0769. The normalized spacial score (nSPS) is 12.2. The van der Waals surface area contributed by atoms with Gasteiger partial charge in [0.1, 0.15) is 0 Å². The van der Waals surface area contributed by atoms with Gasteiger partial charge in [0, 0.05) is 19.8 Å². The Labute approximate surface area is 118 Å². The van der Waals surface area contributed by atoms with Crippen molar-refractivity contribution in [2.24, 2.45) is 0 Å². The van der Waals surface area contributed by atoms with Gasteiger partial charge in [0.25, 0.3) is 5.91 Å². The summed E-state index contributed by atoms with van der Waals surface area (Å²) in [5.41, 5.74) is 1.46. The molecule has 0 aliphatic heterocycles. The number of para-hydroxylation sites is 1. The molecule has 2 rings (SSSR count). The number of hydrogen-bond acceptors (Lipinski definition) is 3. The molecule has 106 valence electrons. The smallest absolute Gasteiger partial charge is 0.256 e. The molecule has 5 heteroatoms. The van der Waals surface area contributed by atoms with Crippen LogP contribution in [0.3, 0.4) is 0 Å². The second-order valence-electron chi connectivity index (χ2n) is 4.87. The molecule has 0 fully saturated rings. The fraction of sp³-hybridized carbons (Fsp3) is 0.333. The van der Waals surface area contributed by atoms with Crippen molar-refractivity contribution in [3.8, 4) is 5.69 Å². The zero-order valence-corrected chi connectivity index (χ0v) is 11.7. The molecule has 0 saturated heterocycles. The first kappa shape index (κ1) is 14.3. The molecule has 1 N–H and O–H groups in total. The topological polar surface area (TPSA) is 58.4 Å². The van der Waals surface area contributed by atoms with Crippen LogP contribution in [0.4, 0.5) is 0 Å². The van der Waals surface area contributed by atoms with Crippen LogP contribution in [0.25, 0.3) is 5.69 Å². The highest BCUT2D eigenvalue weighted by atomic mass is 16.3. The number of amides is 1. The maximum absolute atomic E-state index is 12.2. The van der Waals surface area contributed by atoms with E-state index in [9.17, 15) is 9.90 Å². The molecule has 1 aromatic heterocycles. The monoisotopic (exact) mass is 273 g/mol. The average molecular weight is 273 g/mol. The number of aliphatic hydroxyl groups excluding tert-OH is 1.